The van der Waals surface area contributed by atoms with E-state index in [0.717, 1.165) is 18.9 Å². The van der Waals surface area contributed by atoms with Gasteiger partial charge in [-0.05, 0) is 12.8 Å². The topological polar surface area (TPSA) is 75.8 Å². The maximum atomic E-state index is 14.0. The predicted molar refractivity (Wildman–Crippen MR) is 67.1 cm³/mol. The number of hydrogen-bond acceptors (Lipinski definition) is 5. The van der Waals surface area contributed by atoms with Gasteiger partial charge in [0.2, 0.25) is 0 Å². The monoisotopic (exact) mass is 270 g/mol. The van der Waals surface area contributed by atoms with Gasteiger partial charge >= 0.3 is 5.69 Å². The molecule has 1 fully saturated rings. The summed E-state index contributed by atoms with van der Waals surface area (Å²) < 4.78 is 18.9. The van der Waals surface area contributed by atoms with Gasteiger partial charge in [0.05, 0.1) is 36.4 Å². The molecule has 1 atom stereocenters. The van der Waals surface area contributed by atoms with Gasteiger partial charge in [-0.1, -0.05) is 0 Å². The summed E-state index contributed by atoms with van der Waals surface area (Å²) >= 11 is 0. The van der Waals surface area contributed by atoms with Crippen molar-refractivity contribution in [1.82, 2.24) is 0 Å². The van der Waals surface area contributed by atoms with Crippen molar-refractivity contribution in [1.29, 1.82) is 0 Å². The Bertz CT molecular complexity index is 495. The molecule has 19 heavy (non-hydrogen) atoms. The minimum atomic E-state index is -0.681. The lowest BCUT2D eigenvalue weighted by Crippen LogP contribution is -2.32. The van der Waals surface area contributed by atoms with Crippen LogP contribution in [0.25, 0.3) is 0 Å². The molecule has 0 aromatic heterocycles. The molecule has 1 saturated heterocycles. The van der Waals surface area contributed by atoms with E-state index in [1.807, 2.05) is 0 Å². The first-order chi connectivity index (χ1) is 9.08. The number of anilines is 1. The molecule has 0 amide bonds. The average molecular weight is 270 g/mol. The van der Waals surface area contributed by atoms with Crippen molar-refractivity contribution in [3.05, 3.63) is 28.1 Å². The Morgan fingerprint density at radius 2 is 2.37 bits per heavy atom. The van der Waals surface area contributed by atoms with Crippen molar-refractivity contribution in [3.8, 4) is 5.75 Å². The average Bonchev–Trinajstić information content (AvgIpc) is 2.86. The van der Waals surface area contributed by atoms with Crippen LogP contribution in [0.15, 0.2) is 12.1 Å². The highest BCUT2D eigenvalue weighted by Gasteiger charge is 2.29. The summed E-state index contributed by atoms with van der Waals surface area (Å²) in [6, 6.07) is 2.03. The van der Waals surface area contributed by atoms with Gasteiger partial charge in [0.1, 0.15) is 0 Å². The van der Waals surface area contributed by atoms with Crippen molar-refractivity contribution >= 4 is 11.4 Å². The van der Waals surface area contributed by atoms with Crippen LogP contribution in [0, 0.1) is 15.9 Å². The Morgan fingerprint density at radius 1 is 1.63 bits per heavy atom. The Labute approximate surface area is 109 Å². The lowest BCUT2D eigenvalue weighted by atomic mass is 10.2. The van der Waals surface area contributed by atoms with Crippen molar-refractivity contribution in [2.75, 3.05) is 25.2 Å². The molecule has 1 unspecified atom stereocenters. The zero-order chi connectivity index (χ0) is 14.0. The van der Waals surface area contributed by atoms with E-state index in [1.54, 1.807) is 4.90 Å². The van der Waals surface area contributed by atoms with Gasteiger partial charge in [-0.3, -0.25) is 10.1 Å². The Morgan fingerprint density at radius 3 is 2.95 bits per heavy atom. The summed E-state index contributed by atoms with van der Waals surface area (Å²) in [5.74, 6) is -0.655. The number of aliphatic hydroxyl groups excluding tert-OH is 1. The number of aliphatic hydroxyl groups is 1. The summed E-state index contributed by atoms with van der Waals surface area (Å²) in [6.07, 6.45) is 1.62. The van der Waals surface area contributed by atoms with Crippen LogP contribution >= 0.6 is 0 Å². The van der Waals surface area contributed by atoms with Gasteiger partial charge in [0, 0.05) is 12.6 Å². The van der Waals surface area contributed by atoms with E-state index in [4.69, 9.17) is 4.74 Å². The summed E-state index contributed by atoms with van der Waals surface area (Å²) in [5, 5.41) is 20.0. The van der Waals surface area contributed by atoms with Crippen LogP contribution in [-0.2, 0) is 0 Å². The number of rotatable bonds is 4. The fourth-order valence-corrected chi connectivity index (χ4v) is 2.40. The van der Waals surface area contributed by atoms with Crippen LogP contribution in [0.1, 0.15) is 12.8 Å². The molecule has 6 nitrogen and oxygen atoms in total. The minimum Gasteiger partial charge on any atom is -0.490 e. The third kappa shape index (κ3) is 2.46. The first-order valence-corrected chi connectivity index (χ1v) is 5.98. The zero-order valence-electron chi connectivity index (χ0n) is 10.5. The van der Waals surface area contributed by atoms with Crippen molar-refractivity contribution in [2.45, 2.75) is 18.9 Å². The van der Waals surface area contributed by atoms with Gasteiger partial charge in [-0.15, -0.1) is 0 Å². The maximum Gasteiger partial charge on any atom is 0.313 e. The molecular weight excluding hydrogens is 255 g/mol. The lowest BCUT2D eigenvalue weighted by Gasteiger charge is -2.25. The highest BCUT2D eigenvalue weighted by molar-refractivity contribution is 5.61. The molecule has 1 heterocycles. The second-order valence-electron chi connectivity index (χ2n) is 4.40. The predicted octanol–water partition coefficient (Wildman–Crippen LogP) is 1.70. The van der Waals surface area contributed by atoms with E-state index < -0.39 is 16.4 Å². The van der Waals surface area contributed by atoms with E-state index in [1.165, 1.54) is 13.2 Å². The van der Waals surface area contributed by atoms with E-state index in [9.17, 15) is 19.6 Å². The van der Waals surface area contributed by atoms with Gasteiger partial charge in [-0.2, -0.15) is 0 Å². The molecule has 2 rings (SSSR count). The Balaban J connectivity index is 2.44. The number of nitro benzene ring substituents is 1. The molecule has 1 aliphatic heterocycles. The van der Waals surface area contributed by atoms with Crippen LogP contribution < -0.4 is 9.64 Å². The van der Waals surface area contributed by atoms with Gasteiger partial charge in [0.25, 0.3) is 0 Å². The third-order valence-electron chi connectivity index (χ3n) is 3.34. The highest BCUT2D eigenvalue weighted by atomic mass is 19.1. The molecule has 0 aliphatic carbocycles. The molecule has 1 aliphatic rings. The maximum absolute atomic E-state index is 14.0. The quantitative estimate of drug-likeness (QED) is 0.665. The SMILES string of the molecule is COc1cc(N2CCCC2CO)c(F)cc1[N+](=O)[O-]. The van der Waals surface area contributed by atoms with E-state index >= 15 is 0 Å². The Kier molecular flexibility index (Phi) is 3.84. The summed E-state index contributed by atoms with van der Waals surface area (Å²) in [4.78, 5) is 11.8. The molecule has 7 heteroatoms. The summed E-state index contributed by atoms with van der Waals surface area (Å²) in [5.41, 5.74) is -0.164. The van der Waals surface area contributed by atoms with Crippen LogP contribution in [0.4, 0.5) is 15.8 Å². The summed E-state index contributed by atoms with van der Waals surface area (Å²) in [6.45, 7) is 0.544. The Hall–Kier alpha value is -1.89. The van der Waals surface area contributed by atoms with Gasteiger partial charge < -0.3 is 14.7 Å². The van der Waals surface area contributed by atoms with Crippen LogP contribution in [0.3, 0.4) is 0 Å². The number of ether oxygens (including phenoxy) is 1. The molecule has 104 valence electrons. The molecule has 0 saturated carbocycles. The number of benzene rings is 1. The van der Waals surface area contributed by atoms with Crippen molar-refractivity contribution in [3.63, 3.8) is 0 Å². The normalized spacial score (nSPS) is 18.7. The smallest absolute Gasteiger partial charge is 0.313 e. The molecule has 0 spiro atoms. The van der Waals surface area contributed by atoms with Gasteiger partial charge in [-0.25, -0.2) is 4.39 Å². The van der Waals surface area contributed by atoms with E-state index in [0.29, 0.717) is 6.54 Å². The molecule has 1 aromatic rings. The fraction of sp³-hybridized carbons (Fsp3) is 0.500. The number of halogens is 1. The number of nitro groups is 1. The number of methoxy groups -OCH3 is 1. The van der Waals surface area contributed by atoms with E-state index in [2.05, 4.69) is 0 Å². The second kappa shape index (κ2) is 5.40. The molecule has 1 N–H and O–H groups in total. The van der Waals surface area contributed by atoms with E-state index in [-0.39, 0.29) is 24.1 Å². The van der Waals surface area contributed by atoms with Crippen molar-refractivity contribution < 1.29 is 19.2 Å². The zero-order valence-corrected chi connectivity index (χ0v) is 10.5. The number of nitrogens with zero attached hydrogens (tertiary/aromatic N) is 2. The molecule has 0 bridgehead atoms. The highest BCUT2D eigenvalue weighted by Crippen LogP contribution is 2.36. The second-order valence-corrected chi connectivity index (χ2v) is 4.40. The van der Waals surface area contributed by atoms with Crippen LogP contribution in [0.2, 0.25) is 0 Å². The minimum absolute atomic E-state index is 0.0185. The fourth-order valence-electron chi connectivity index (χ4n) is 2.40. The molecular formula is C12H15FN2O4. The first kappa shape index (κ1) is 13.5. The lowest BCUT2D eigenvalue weighted by molar-refractivity contribution is -0.385. The van der Waals surface area contributed by atoms with Crippen molar-refractivity contribution in [2.24, 2.45) is 0 Å². The number of hydrogen-bond donors (Lipinski definition) is 1. The van der Waals surface area contributed by atoms with Gasteiger partial charge in [0.15, 0.2) is 11.6 Å². The third-order valence-corrected chi connectivity index (χ3v) is 3.34. The first-order valence-electron chi connectivity index (χ1n) is 5.98. The molecule has 1 aromatic carbocycles. The molecule has 0 radical (unpaired) electrons. The summed E-state index contributed by atoms with van der Waals surface area (Å²) in [7, 11) is 1.30. The van der Waals surface area contributed by atoms with Crippen LogP contribution in [0.5, 0.6) is 5.75 Å². The van der Waals surface area contributed by atoms with Crippen LogP contribution in [-0.4, -0.2) is 36.3 Å². The largest absolute Gasteiger partial charge is 0.490 e. The standard InChI is InChI=1S/C12H15FN2O4/c1-19-12-6-10(9(13)5-11(12)15(17)18)14-4-2-3-8(14)7-16/h5-6,8,16H,2-4,7H2,1H3.